The summed E-state index contributed by atoms with van der Waals surface area (Å²) in [5, 5.41) is 0. The van der Waals surface area contributed by atoms with Crippen molar-refractivity contribution in [3.8, 4) is 0 Å². The molecule has 0 spiro atoms. The predicted octanol–water partition coefficient (Wildman–Crippen LogP) is 0.0669. The van der Waals surface area contributed by atoms with Gasteiger partial charge in [0.15, 0.2) is 0 Å². The molecule has 0 saturated heterocycles. The highest BCUT2D eigenvalue weighted by Gasteiger charge is 1.98. The third kappa shape index (κ3) is 2.07. The van der Waals surface area contributed by atoms with E-state index in [1.54, 1.807) is 6.20 Å². The molecule has 1 aromatic rings. The minimum absolute atomic E-state index is 0.280. The van der Waals surface area contributed by atoms with Crippen LogP contribution in [0.2, 0.25) is 0 Å². The summed E-state index contributed by atoms with van der Waals surface area (Å²) in [4.78, 5) is 14.4. The van der Waals surface area contributed by atoms with Gasteiger partial charge in [0.1, 0.15) is 5.82 Å². The van der Waals surface area contributed by atoms with Gasteiger partial charge in [0.25, 0.3) is 0 Å². The second kappa shape index (κ2) is 3.18. The lowest BCUT2D eigenvalue weighted by molar-refractivity contribution is -0.118. The van der Waals surface area contributed by atoms with Crippen LogP contribution < -0.4 is 5.73 Å². The molecule has 1 heterocycles. The lowest BCUT2D eigenvalue weighted by atomic mass is 10.4. The standard InChI is InChI=1S/C7H11N3O/c1-6-9-3-5-10(6)4-2-7(8)11/h3,5H,2,4H2,1H3,(H2,8,11). The van der Waals surface area contributed by atoms with Crippen LogP contribution in [0.15, 0.2) is 12.4 Å². The molecule has 0 aliphatic heterocycles. The van der Waals surface area contributed by atoms with Crippen LogP contribution in [0.3, 0.4) is 0 Å². The van der Waals surface area contributed by atoms with Crippen LogP contribution in [0.5, 0.6) is 0 Å². The first-order valence-electron chi connectivity index (χ1n) is 3.46. The average Bonchev–Trinajstić information content (AvgIpc) is 2.31. The van der Waals surface area contributed by atoms with E-state index in [9.17, 15) is 4.79 Å². The van der Waals surface area contributed by atoms with E-state index in [-0.39, 0.29) is 5.91 Å². The smallest absolute Gasteiger partial charge is 0.219 e. The monoisotopic (exact) mass is 153 g/mol. The topological polar surface area (TPSA) is 60.9 Å². The van der Waals surface area contributed by atoms with Crippen LogP contribution in [-0.2, 0) is 11.3 Å². The molecule has 60 valence electrons. The fourth-order valence-electron chi connectivity index (χ4n) is 0.871. The molecule has 0 unspecified atom stereocenters. The number of aryl methyl sites for hydroxylation is 2. The first-order valence-corrected chi connectivity index (χ1v) is 3.46. The molecule has 0 bridgehead atoms. The van der Waals surface area contributed by atoms with E-state index in [1.165, 1.54) is 0 Å². The normalized spacial score (nSPS) is 9.91. The lowest BCUT2D eigenvalue weighted by Crippen LogP contribution is -2.14. The Morgan fingerprint density at radius 1 is 1.82 bits per heavy atom. The third-order valence-corrected chi connectivity index (χ3v) is 1.52. The molecule has 2 N–H and O–H groups in total. The summed E-state index contributed by atoms with van der Waals surface area (Å²) in [5.74, 6) is 0.629. The van der Waals surface area contributed by atoms with E-state index < -0.39 is 0 Å². The van der Waals surface area contributed by atoms with Crippen LogP contribution in [0.1, 0.15) is 12.2 Å². The van der Waals surface area contributed by atoms with Gasteiger partial charge in [-0.25, -0.2) is 4.98 Å². The van der Waals surface area contributed by atoms with Crippen molar-refractivity contribution >= 4 is 5.91 Å². The Morgan fingerprint density at radius 2 is 2.55 bits per heavy atom. The van der Waals surface area contributed by atoms with Gasteiger partial charge < -0.3 is 10.3 Å². The predicted molar refractivity (Wildman–Crippen MR) is 40.8 cm³/mol. The number of amides is 1. The van der Waals surface area contributed by atoms with Crippen molar-refractivity contribution in [2.45, 2.75) is 19.9 Å². The zero-order valence-electron chi connectivity index (χ0n) is 6.45. The highest BCUT2D eigenvalue weighted by atomic mass is 16.1. The molecular formula is C7H11N3O. The van der Waals surface area contributed by atoms with Gasteiger partial charge in [-0.3, -0.25) is 4.79 Å². The number of nitrogens with two attached hydrogens (primary N) is 1. The second-order valence-corrected chi connectivity index (χ2v) is 2.38. The quantitative estimate of drug-likeness (QED) is 0.667. The van der Waals surface area contributed by atoms with Gasteiger partial charge in [-0.05, 0) is 6.92 Å². The van der Waals surface area contributed by atoms with Gasteiger partial charge in [0.05, 0.1) is 0 Å². The van der Waals surface area contributed by atoms with Gasteiger partial charge in [-0.15, -0.1) is 0 Å². The van der Waals surface area contributed by atoms with Crippen molar-refractivity contribution in [2.24, 2.45) is 5.73 Å². The van der Waals surface area contributed by atoms with Gasteiger partial charge in [-0.1, -0.05) is 0 Å². The van der Waals surface area contributed by atoms with Gasteiger partial charge in [0.2, 0.25) is 5.91 Å². The maximum Gasteiger partial charge on any atom is 0.219 e. The number of hydrogen-bond acceptors (Lipinski definition) is 2. The SMILES string of the molecule is Cc1nccn1CCC(N)=O. The largest absolute Gasteiger partial charge is 0.370 e. The fourth-order valence-corrected chi connectivity index (χ4v) is 0.871. The molecule has 0 aromatic carbocycles. The van der Waals surface area contributed by atoms with E-state index in [0.717, 1.165) is 5.82 Å². The summed E-state index contributed by atoms with van der Waals surface area (Å²) in [5.41, 5.74) is 4.99. The summed E-state index contributed by atoms with van der Waals surface area (Å²) in [6, 6.07) is 0. The van der Waals surface area contributed by atoms with E-state index in [1.807, 2.05) is 17.7 Å². The molecule has 0 saturated carbocycles. The Labute approximate surface area is 65.0 Å². The Hall–Kier alpha value is -1.32. The Bertz CT molecular complexity index is 254. The van der Waals surface area contributed by atoms with Crippen LogP contribution in [0.25, 0.3) is 0 Å². The molecule has 0 fully saturated rings. The minimum Gasteiger partial charge on any atom is -0.370 e. The zero-order chi connectivity index (χ0) is 8.27. The highest BCUT2D eigenvalue weighted by Crippen LogP contribution is 1.95. The molecule has 0 aliphatic carbocycles. The molecule has 1 aromatic heterocycles. The van der Waals surface area contributed by atoms with Gasteiger partial charge in [0, 0.05) is 25.4 Å². The number of aromatic nitrogens is 2. The van der Waals surface area contributed by atoms with E-state index in [0.29, 0.717) is 13.0 Å². The van der Waals surface area contributed by atoms with Crippen molar-refractivity contribution in [1.82, 2.24) is 9.55 Å². The second-order valence-electron chi connectivity index (χ2n) is 2.38. The number of primary amides is 1. The fraction of sp³-hybridized carbons (Fsp3) is 0.429. The van der Waals surface area contributed by atoms with E-state index in [4.69, 9.17) is 5.73 Å². The maximum absolute atomic E-state index is 10.4. The molecule has 4 heteroatoms. The van der Waals surface area contributed by atoms with E-state index >= 15 is 0 Å². The lowest BCUT2D eigenvalue weighted by Gasteiger charge is -2.00. The third-order valence-electron chi connectivity index (χ3n) is 1.52. The number of carbonyl (C=O) groups excluding carboxylic acids is 1. The summed E-state index contributed by atoms with van der Waals surface area (Å²) in [6.45, 7) is 2.52. The highest BCUT2D eigenvalue weighted by molar-refractivity contribution is 5.73. The van der Waals surface area contributed by atoms with Crippen molar-refractivity contribution in [2.75, 3.05) is 0 Å². The Kier molecular flexibility index (Phi) is 2.25. The Morgan fingerprint density at radius 3 is 3.00 bits per heavy atom. The summed E-state index contributed by atoms with van der Waals surface area (Å²) < 4.78 is 1.89. The van der Waals surface area contributed by atoms with Crippen molar-refractivity contribution < 1.29 is 4.79 Å². The number of carbonyl (C=O) groups is 1. The molecule has 0 aliphatic rings. The van der Waals surface area contributed by atoms with E-state index in [2.05, 4.69) is 4.98 Å². The van der Waals surface area contributed by atoms with Crippen LogP contribution in [0.4, 0.5) is 0 Å². The molecule has 11 heavy (non-hydrogen) atoms. The Balaban J connectivity index is 2.51. The van der Waals surface area contributed by atoms with Crippen LogP contribution in [-0.4, -0.2) is 15.5 Å². The van der Waals surface area contributed by atoms with Crippen molar-refractivity contribution in [3.05, 3.63) is 18.2 Å². The number of hydrogen-bond donors (Lipinski definition) is 1. The molecule has 1 rings (SSSR count). The summed E-state index contributed by atoms with van der Waals surface area (Å²) in [7, 11) is 0. The number of rotatable bonds is 3. The molecule has 0 radical (unpaired) electrons. The van der Waals surface area contributed by atoms with Crippen molar-refractivity contribution in [3.63, 3.8) is 0 Å². The minimum atomic E-state index is -0.280. The van der Waals surface area contributed by atoms with Crippen LogP contribution >= 0.6 is 0 Å². The van der Waals surface area contributed by atoms with Gasteiger partial charge in [-0.2, -0.15) is 0 Å². The van der Waals surface area contributed by atoms with Crippen molar-refractivity contribution in [1.29, 1.82) is 0 Å². The molecule has 1 amide bonds. The molecular weight excluding hydrogens is 142 g/mol. The number of nitrogens with zero attached hydrogens (tertiary/aromatic N) is 2. The maximum atomic E-state index is 10.4. The summed E-state index contributed by atoms with van der Waals surface area (Å²) >= 11 is 0. The summed E-state index contributed by atoms with van der Waals surface area (Å²) in [6.07, 6.45) is 3.91. The zero-order valence-corrected chi connectivity index (χ0v) is 6.45. The number of imidazole rings is 1. The molecule has 0 atom stereocenters. The molecule has 4 nitrogen and oxygen atoms in total. The van der Waals surface area contributed by atoms with Crippen LogP contribution in [0, 0.1) is 6.92 Å². The average molecular weight is 153 g/mol. The first-order chi connectivity index (χ1) is 5.20. The van der Waals surface area contributed by atoms with Gasteiger partial charge >= 0.3 is 0 Å². The first kappa shape index (κ1) is 7.78.